The van der Waals surface area contributed by atoms with Crippen molar-refractivity contribution in [3.63, 3.8) is 0 Å². The van der Waals surface area contributed by atoms with Gasteiger partial charge in [0.2, 0.25) is 0 Å². The SMILES string of the molecule is Nc1ccc(F)cc1CSc1nc2ccccc2o1. The van der Waals surface area contributed by atoms with Crippen LogP contribution in [0, 0.1) is 5.82 Å². The molecule has 3 rings (SSSR count). The van der Waals surface area contributed by atoms with Crippen LogP contribution in [0.1, 0.15) is 5.56 Å². The highest BCUT2D eigenvalue weighted by Gasteiger charge is 2.08. The number of hydrogen-bond donors (Lipinski definition) is 1. The first-order chi connectivity index (χ1) is 9.22. The largest absolute Gasteiger partial charge is 0.431 e. The van der Waals surface area contributed by atoms with Gasteiger partial charge in [0.25, 0.3) is 5.22 Å². The van der Waals surface area contributed by atoms with Crippen molar-refractivity contribution < 1.29 is 8.81 Å². The Morgan fingerprint density at radius 3 is 2.89 bits per heavy atom. The Hall–Kier alpha value is -2.01. The number of nitrogen functional groups attached to an aromatic ring is 1. The summed E-state index contributed by atoms with van der Waals surface area (Å²) in [5.41, 5.74) is 8.68. The van der Waals surface area contributed by atoms with Crippen LogP contribution in [0.3, 0.4) is 0 Å². The highest BCUT2D eigenvalue weighted by atomic mass is 32.2. The van der Waals surface area contributed by atoms with E-state index in [2.05, 4.69) is 4.98 Å². The third kappa shape index (κ3) is 2.56. The van der Waals surface area contributed by atoms with Gasteiger partial charge in [-0.25, -0.2) is 9.37 Å². The fourth-order valence-electron chi connectivity index (χ4n) is 1.75. The molecule has 5 heteroatoms. The van der Waals surface area contributed by atoms with Crippen LogP contribution >= 0.6 is 11.8 Å². The Balaban J connectivity index is 1.80. The van der Waals surface area contributed by atoms with Gasteiger partial charge < -0.3 is 10.2 Å². The first-order valence-electron chi connectivity index (χ1n) is 5.74. The third-order valence-electron chi connectivity index (χ3n) is 2.73. The van der Waals surface area contributed by atoms with Crippen molar-refractivity contribution in [3.05, 3.63) is 53.8 Å². The summed E-state index contributed by atoms with van der Waals surface area (Å²) in [7, 11) is 0. The molecule has 3 nitrogen and oxygen atoms in total. The monoisotopic (exact) mass is 274 g/mol. The summed E-state index contributed by atoms with van der Waals surface area (Å²) >= 11 is 1.40. The molecule has 2 aromatic carbocycles. The molecule has 0 saturated carbocycles. The molecule has 0 radical (unpaired) electrons. The number of anilines is 1. The molecule has 0 aliphatic rings. The Morgan fingerprint density at radius 1 is 1.21 bits per heavy atom. The average molecular weight is 274 g/mol. The van der Waals surface area contributed by atoms with Gasteiger partial charge in [-0.2, -0.15) is 0 Å². The van der Waals surface area contributed by atoms with E-state index in [1.165, 1.54) is 23.9 Å². The minimum absolute atomic E-state index is 0.289. The maximum absolute atomic E-state index is 13.1. The maximum Gasteiger partial charge on any atom is 0.257 e. The lowest BCUT2D eigenvalue weighted by Gasteiger charge is -2.03. The number of halogens is 1. The zero-order valence-corrected chi connectivity index (χ0v) is 10.8. The van der Waals surface area contributed by atoms with E-state index in [9.17, 15) is 4.39 Å². The summed E-state index contributed by atoms with van der Waals surface area (Å²) in [5.74, 6) is 0.235. The molecule has 96 valence electrons. The number of hydrogen-bond acceptors (Lipinski definition) is 4. The van der Waals surface area contributed by atoms with Crippen molar-refractivity contribution in [2.45, 2.75) is 11.0 Å². The van der Waals surface area contributed by atoms with Gasteiger partial charge in [0.05, 0.1) is 0 Å². The van der Waals surface area contributed by atoms with Crippen molar-refractivity contribution >= 4 is 28.5 Å². The lowest BCUT2D eigenvalue weighted by Crippen LogP contribution is -1.93. The summed E-state index contributed by atoms with van der Waals surface area (Å²) in [4.78, 5) is 4.34. The predicted octanol–water partition coefficient (Wildman–Crippen LogP) is 3.84. The highest BCUT2D eigenvalue weighted by Crippen LogP contribution is 2.28. The minimum Gasteiger partial charge on any atom is -0.431 e. The molecule has 0 saturated heterocycles. The van der Waals surface area contributed by atoms with Gasteiger partial charge in [-0.05, 0) is 35.9 Å². The number of para-hydroxylation sites is 2. The van der Waals surface area contributed by atoms with Crippen LogP contribution in [0.25, 0.3) is 11.1 Å². The molecule has 0 aliphatic carbocycles. The number of oxazole rings is 1. The second kappa shape index (κ2) is 4.93. The van der Waals surface area contributed by atoms with Gasteiger partial charge in [-0.3, -0.25) is 0 Å². The lowest BCUT2D eigenvalue weighted by molar-refractivity contribution is 0.489. The van der Waals surface area contributed by atoms with Crippen molar-refractivity contribution in [2.75, 3.05) is 5.73 Å². The summed E-state index contributed by atoms with van der Waals surface area (Å²) < 4.78 is 18.7. The Kier molecular flexibility index (Phi) is 3.13. The van der Waals surface area contributed by atoms with Gasteiger partial charge in [0.15, 0.2) is 5.58 Å². The van der Waals surface area contributed by atoms with E-state index in [0.29, 0.717) is 16.7 Å². The predicted molar refractivity (Wildman–Crippen MR) is 74.4 cm³/mol. The number of fused-ring (bicyclic) bond motifs is 1. The van der Waals surface area contributed by atoms with Crippen LogP contribution in [0.15, 0.2) is 52.1 Å². The standard InChI is InChI=1S/C14H11FN2OS/c15-10-5-6-11(16)9(7-10)8-19-14-17-12-3-1-2-4-13(12)18-14/h1-7H,8,16H2. The number of rotatable bonds is 3. The number of nitrogens with zero attached hydrogens (tertiary/aromatic N) is 1. The molecule has 0 atom stereocenters. The summed E-state index contributed by atoms with van der Waals surface area (Å²) in [5, 5.41) is 0.560. The molecule has 0 fully saturated rings. The van der Waals surface area contributed by atoms with Crippen molar-refractivity contribution in [3.8, 4) is 0 Å². The normalized spacial score (nSPS) is 11.0. The summed E-state index contributed by atoms with van der Waals surface area (Å²) in [6.07, 6.45) is 0. The van der Waals surface area contributed by atoms with Gasteiger partial charge >= 0.3 is 0 Å². The molecular weight excluding hydrogens is 263 g/mol. The van der Waals surface area contributed by atoms with Crippen LogP contribution in [0.2, 0.25) is 0 Å². The molecule has 0 aliphatic heterocycles. The second-order valence-corrected chi connectivity index (χ2v) is 5.01. The maximum atomic E-state index is 13.1. The lowest BCUT2D eigenvalue weighted by atomic mass is 10.2. The Morgan fingerprint density at radius 2 is 2.05 bits per heavy atom. The number of benzene rings is 2. The second-order valence-electron chi connectivity index (χ2n) is 4.08. The number of aromatic nitrogens is 1. The van der Waals surface area contributed by atoms with E-state index in [0.717, 1.165) is 16.7 Å². The highest BCUT2D eigenvalue weighted by molar-refractivity contribution is 7.98. The van der Waals surface area contributed by atoms with E-state index < -0.39 is 0 Å². The minimum atomic E-state index is -0.289. The van der Waals surface area contributed by atoms with E-state index in [4.69, 9.17) is 10.2 Å². The molecule has 19 heavy (non-hydrogen) atoms. The zero-order valence-electron chi connectivity index (χ0n) is 9.97. The smallest absolute Gasteiger partial charge is 0.257 e. The first-order valence-corrected chi connectivity index (χ1v) is 6.73. The van der Waals surface area contributed by atoms with Crippen molar-refractivity contribution in [1.29, 1.82) is 0 Å². The number of thioether (sulfide) groups is 1. The quantitative estimate of drug-likeness (QED) is 0.582. The number of nitrogens with two attached hydrogens (primary N) is 1. The average Bonchev–Trinajstić information content (AvgIpc) is 2.82. The molecule has 0 bridgehead atoms. The van der Waals surface area contributed by atoms with E-state index in [-0.39, 0.29) is 5.82 Å². The molecule has 0 spiro atoms. The van der Waals surface area contributed by atoms with Gasteiger partial charge in [0, 0.05) is 11.4 Å². The van der Waals surface area contributed by atoms with E-state index in [1.807, 2.05) is 24.3 Å². The van der Waals surface area contributed by atoms with E-state index in [1.54, 1.807) is 6.07 Å². The Labute approximate surface area is 113 Å². The van der Waals surface area contributed by atoms with Gasteiger partial charge in [0.1, 0.15) is 11.3 Å². The van der Waals surface area contributed by atoms with Crippen LogP contribution in [0.5, 0.6) is 0 Å². The van der Waals surface area contributed by atoms with Crippen LogP contribution in [-0.4, -0.2) is 4.98 Å². The zero-order chi connectivity index (χ0) is 13.2. The van der Waals surface area contributed by atoms with Crippen LogP contribution in [0.4, 0.5) is 10.1 Å². The van der Waals surface area contributed by atoms with Crippen molar-refractivity contribution in [1.82, 2.24) is 4.98 Å². The summed E-state index contributed by atoms with van der Waals surface area (Å²) in [6, 6.07) is 11.9. The molecule has 0 amide bonds. The molecule has 1 heterocycles. The fraction of sp³-hybridized carbons (Fsp3) is 0.0714. The van der Waals surface area contributed by atoms with Crippen LogP contribution in [-0.2, 0) is 5.75 Å². The van der Waals surface area contributed by atoms with Crippen LogP contribution < -0.4 is 5.73 Å². The molecule has 0 unspecified atom stereocenters. The Bertz CT molecular complexity index is 693. The molecular formula is C14H11FN2OS. The topological polar surface area (TPSA) is 52.0 Å². The first kappa shape index (κ1) is 12.0. The van der Waals surface area contributed by atoms with Crippen molar-refractivity contribution in [2.24, 2.45) is 0 Å². The fourth-order valence-corrected chi connectivity index (χ4v) is 2.59. The summed E-state index contributed by atoms with van der Waals surface area (Å²) in [6.45, 7) is 0. The molecule has 3 aromatic rings. The van der Waals surface area contributed by atoms with Gasteiger partial charge in [-0.15, -0.1) is 0 Å². The molecule has 1 aromatic heterocycles. The third-order valence-corrected chi connectivity index (χ3v) is 3.61. The van der Waals surface area contributed by atoms with Gasteiger partial charge in [-0.1, -0.05) is 23.9 Å². The van der Waals surface area contributed by atoms with E-state index >= 15 is 0 Å². The molecule has 2 N–H and O–H groups in total.